The molecule has 0 radical (unpaired) electrons. The lowest BCUT2D eigenvalue weighted by Crippen LogP contribution is -2.61. The summed E-state index contributed by atoms with van der Waals surface area (Å²) in [6.45, 7) is 16.1. The number of anilines is 6. The van der Waals surface area contributed by atoms with E-state index in [1.54, 1.807) is 0 Å². The Hall–Kier alpha value is -11.7. The molecule has 17 rings (SSSR count). The first-order chi connectivity index (χ1) is 47.3. The van der Waals surface area contributed by atoms with E-state index in [2.05, 4.69) is 330 Å². The van der Waals surface area contributed by atoms with Crippen LogP contribution in [-0.2, 0) is 10.8 Å². The van der Waals surface area contributed by atoms with Crippen LogP contribution in [0, 0.1) is 6.92 Å². The van der Waals surface area contributed by atoms with E-state index in [1.165, 1.54) is 61.1 Å². The van der Waals surface area contributed by atoms with Crippen LogP contribution in [0.15, 0.2) is 303 Å². The molecule has 7 heteroatoms. The van der Waals surface area contributed by atoms with Crippen molar-refractivity contribution < 1.29 is 0 Å². The fraction of sp³-hybridized carbons (Fsp3) is 0.100. The second-order valence-corrected chi connectivity index (χ2v) is 28.1. The number of aryl methyl sites for hydroxylation is 1. The highest BCUT2D eigenvalue weighted by Crippen LogP contribution is 2.49. The molecule has 0 amide bonds. The third kappa shape index (κ3) is 10.5. The fourth-order valence-corrected chi connectivity index (χ4v) is 14.7. The molecule has 13 aromatic carbocycles. The number of hydrogen-bond donors (Lipinski definition) is 0. The van der Waals surface area contributed by atoms with Crippen molar-refractivity contribution >= 4 is 79.0 Å². The highest BCUT2D eigenvalue weighted by molar-refractivity contribution is 7.00. The summed E-state index contributed by atoms with van der Waals surface area (Å²) in [6.07, 6.45) is 0. The highest BCUT2D eigenvalue weighted by Gasteiger charge is 2.44. The van der Waals surface area contributed by atoms with Crippen LogP contribution in [0.1, 0.15) is 58.2 Å². The number of rotatable bonds is 10. The van der Waals surface area contributed by atoms with E-state index in [0.717, 1.165) is 94.8 Å². The van der Waals surface area contributed by atoms with Gasteiger partial charge in [-0.05, 0) is 175 Å². The molecular weight excluding hydrogens is 1180 g/mol. The van der Waals surface area contributed by atoms with E-state index in [4.69, 9.17) is 15.0 Å². The Labute approximate surface area is 568 Å². The average molecular weight is 1250 g/mol. The normalized spacial score (nSPS) is 12.6. The molecule has 2 aromatic heterocycles. The molecule has 0 saturated heterocycles. The van der Waals surface area contributed by atoms with Crippen LogP contribution in [0.25, 0.3) is 106 Å². The molecule has 6 nitrogen and oxygen atoms in total. The maximum atomic E-state index is 5.35. The summed E-state index contributed by atoms with van der Waals surface area (Å²) in [4.78, 5) is 21.0. The Kier molecular flexibility index (Phi) is 14.2. The van der Waals surface area contributed by atoms with Gasteiger partial charge in [-0.1, -0.05) is 265 Å². The zero-order valence-electron chi connectivity index (χ0n) is 55.6. The zero-order chi connectivity index (χ0) is 65.7. The number of aromatic nitrogens is 4. The monoisotopic (exact) mass is 1250 g/mol. The minimum atomic E-state index is -0.115. The number of nitrogens with zero attached hydrogens (tertiary/aromatic N) is 6. The predicted octanol–water partition coefficient (Wildman–Crippen LogP) is 21.6. The van der Waals surface area contributed by atoms with E-state index in [0.29, 0.717) is 17.5 Å². The zero-order valence-corrected chi connectivity index (χ0v) is 55.6. The lowest BCUT2D eigenvalue weighted by Gasteiger charge is -2.45. The van der Waals surface area contributed by atoms with Gasteiger partial charge in [0.25, 0.3) is 6.71 Å². The van der Waals surface area contributed by atoms with Crippen molar-refractivity contribution in [3.63, 3.8) is 0 Å². The van der Waals surface area contributed by atoms with E-state index in [1.807, 2.05) is 36.4 Å². The first kappa shape index (κ1) is 59.1. The summed E-state index contributed by atoms with van der Waals surface area (Å²) < 4.78 is 2.43. The van der Waals surface area contributed by atoms with Crippen molar-refractivity contribution in [3.8, 4) is 84.4 Å². The van der Waals surface area contributed by atoms with Crippen molar-refractivity contribution in [2.75, 3.05) is 9.80 Å². The van der Waals surface area contributed by atoms with Gasteiger partial charge in [0, 0.05) is 61.6 Å². The topological polar surface area (TPSA) is 50.1 Å². The third-order valence-corrected chi connectivity index (χ3v) is 19.8. The number of benzene rings is 13. The lowest BCUT2D eigenvalue weighted by atomic mass is 9.33. The van der Waals surface area contributed by atoms with Gasteiger partial charge < -0.3 is 14.4 Å². The van der Waals surface area contributed by atoms with Crippen LogP contribution < -0.4 is 26.2 Å². The molecule has 2 aliphatic heterocycles. The van der Waals surface area contributed by atoms with Gasteiger partial charge in [0.2, 0.25) is 0 Å². The minimum absolute atomic E-state index is 0.0794. The van der Waals surface area contributed by atoms with Gasteiger partial charge in [0.05, 0.1) is 16.7 Å². The summed E-state index contributed by atoms with van der Waals surface area (Å²) >= 11 is 0. The molecular formula is C90H71BN6. The van der Waals surface area contributed by atoms with Crippen LogP contribution in [-0.4, -0.2) is 26.2 Å². The molecule has 464 valence electrons. The molecule has 0 fully saturated rings. The van der Waals surface area contributed by atoms with Crippen LogP contribution in [0.3, 0.4) is 0 Å². The molecule has 97 heavy (non-hydrogen) atoms. The molecule has 0 bridgehead atoms. The van der Waals surface area contributed by atoms with Crippen molar-refractivity contribution in [1.82, 2.24) is 19.5 Å². The third-order valence-electron chi connectivity index (χ3n) is 19.8. The van der Waals surface area contributed by atoms with Gasteiger partial charge in [-0.25, -0.2) is 15.0 Å². The Morgan fingerprint density at radius 2 is 0.660 bits per heavy atom. The minimum Gasteiger partial charge on any atom is -0.311 e. The molecule has 0 spiro atoms. The molecule has 0 saturated carbocycles. The van der Waals surface area contributed by atoms with Gasteiger partial charge in [-0.15, -0.1) is 0 Å². The van der Waals surface area contributed by atoms with Crippen molar-refractivity contribution in [1.29, 1.82) is 0 Å². The quantitative estimate of drug-likeness (QED) is 0.128. The first-order valence-corrected chi connectivity index (χ1v) is 33.8. The lowest BCUT2D eigenvalue weighted by molar-refractivity contribution is 0.590. The Morgan fingerprint density at radius 1 is 0.289 bits per heavy atom. The Balaban J connectivity index is 0.934. The van der Waals surface area contributed by atoms with Gasteiger partial charge in [-0.3, -0.25) is 0 Å². The number of hydrogen-bond acceptors (Lipinski definition) is 5. The standard InChI is InChI=1S/C90H71BN6/c1-58-33-48-80(75(51-58)88-93-86(64-29-19-11-20-30-64)92-87(94-88)65-31-21-12-22-32-65)97-78-49-38-66(61-27-17-10-18-28-61)52-73(78)74-53-67(39-50-79(74)97)68-54-83-85-84(55-68)96(72-44-36-63(37-45-72)60-25-15-9-16-26-60)82-57-70(90(5,6)7)41-47-77(82)91(85)76-46-40-69(89(2,3)4)56-81(76)95(83)71-42-34-62(35-43-71)59-23-13-8-14-24-59/h8-57H,1-7H3. The van der Waals surface area contributed by atoms with Gasteiger partial charge >= 0.3 is 0 Å². The van der Waals surface area contributed by atoms with E-state index in [9.17, 15) is 0 Å². The van der Waals surface area contributed by atoms with E-state index >= 15 is 0 Å². The smallest absolute Gasteiger partial charge is 0.252 e. The van der Waals surface area contributed by atoms with Crippen molar-refractivity contribution in [3.05, 3.63) is 320 Å². The molecule has 0 unspecified atom stereocenters. The largest absolute Gasteiger partial charge is 0.311 e. The molecule has 4 heterocycles. The van der Waals surface area contributed by atoms with E-state index < -0.39 is 0 Å². The second kappa shape index (κ2) is 23.4. The van der Waals surface area contributed by atoms with Crippen LogP contribution in [0.5, 0.6) is 0 Å². The maximum absolute atomic E-state index is 5.35. The van der Waals surface area contributed by atoms with Crippen LogP contribution in [0.2, 0.25) is 0 Å². The molecule has 0 aliphatic carbocycles. The predicted molar refractivity (Wildman–Crippen MR) is 408 cm³/mol. The van der Waals surface area contributed by atoms with Crippen LogP contribution >= 0.6 is 0 Å². The second-order valence-electron chi connectivity index (χ2n) is 28.1. The summed E-state index contributed by atoms with van der Waals surface area (Å²) in [6, 6.07) is 112. The summed E-state index contributed by atoms with van der Waals surface area (Å²) in [7, 11) is 0. The van der Waals surface area contributed by atoms with Crippen molar-refractivity contribution in [2.45, 2.75) is 59.3 Å². The van der Waals surface area contributed by atoms with Crippen molar-refractivity contribution in [2.24, 2.45) is 0 Å². The highest BCUT2D eigenvalue weighted by atomic mass is 15.2. The summed E-state index contributed by atoms with van der Waals surface area (Å²) in [5.41, 5.74) is 29.3. The van der Waals surface area contributed by atoms with Gasteiger partial charge in [0.1, 0.15) is 0 Å². The SMILES string of the molecule is Cc1ccc(-n2c3ccc(-c4ccccc4)cc3c3cc(-c4cc5c6c(c4)N(c4ccc(-c7ccccc7)cc4)c4cc(C(C)(C)C)ccc4B6c4ccc(C(C)(C)C)cc4N5c4ccc(-c5ccccc5)cc4)ccc32)c(-c2nc(-c3ccccc3)nc(-c3ccccc3)n2)c1. The maximum Gasteiger partial charge on any atom is 0.252 e. The fourth-order valence-electron chi connectivity index (χ4n) is 14.7. The number of fused-ring (bicyclic) bond motifs is 7. The van der Waals surface area contributed by atoms with Crippen LogP contribution in [0.4, 0.5) is 34.1 Å². The molecule has 2 aliphatic rings. The summed E-state index contributed by atoms with van der Waals surface area (Å²) in [5, 5.41) is 2.27. The molecule has 0 N–H and O–H groups in total. The first-order valence-electron chi connectivity index (χ1n) is 33.8. The van der Waals surface area contributed by atoms with Gasteiger partial charge in [0.15, 0.2) is 17.5 Å². The summed E-state index contributed by atoms with van der Waals surface area (Å²) in [5.74, 6) is 1.84. The van der Waals surface area contributed by atoms with E-state index in [-0.39, 0.29) is 17.5 Å². The van der Waals surface area contributed by atoms with Gasteiger partial charge in [-0.2, -0.15) is 0 Å². The Morgan fingerprint density at radius 3 is 1.08 bits per heavy atom. The Bertz CT molecular complexity index is 5290. The molecule has 15 aromatic rings. The average Bonchev–Trinajstić information content (AvgIpc) is 1.07. The molecule has 0 atom stereocenters.